The van der Waals surface area contributed by atoms with Gasteiger partial charge in [-0.3, -0.25) is 0 Å². The molecule has 0 bridgehead atoms. The quantitative estimate of drug-likeness (QED) is 0.151. The lowest BCUT2D eigenvalue weighted by Gasteiger charge is -2.29. The number of benzene rings is 9. The van der Waals surface area contributed by atoms with Gasteiger partial charge in [-0.1, -0.05) is 165 Å². The van der Waals surface area contributed by atoms with Crippen molar-refractivity contribution in [3.63, 3.8) is 0 Å². The van der Waals surface area contributed by atoms with E-state index >= 15 is 0 Å². The average molecular weight is 860 g/mol. The summed E-state index contributed by atoms with van der Waals surface area (Å²) in [6.07, 6.45) is 0. The first-order valence-electron chi connectivity index (χ1n) is 23.6. The molecule has 0 spiro atoms. The van der Waals surface area contributed by atoms with Gasteiger partial charge >= 0.3 is 0 Å². The third-order valence-corrected chi connectivity index (χ3v) is 13.5. The van der Waals surface area contributed by atoms with Crippen molar-refractivity contribution in [2.24, 2.45) is 0 Å². The minimum atomic E-state index is 0.0385. The molecule has 10 rings (SSSR count). The van der Waals surface area contributed by atoms with E-state index in [0.717, 1.165) is 39.8 Å². The Labute approximate surface area is 391 Å². The van der Waals surface area contributed by atoms with E-state index in [-0.39, 0.29) is 10.8 Å². The zero-order chi connectivity index (χ0) is 46.1. The second-order valence-corrected chi connectivity index (χ2v) is 20.7. The Balaban J connectivity index is 1.35. The van der Waals surface area contributed by atoms with Gasteiger partial charge in [-0.2, -0.15) is 0 Å². The molecule has 3 nitrogen and oxygen atoms in total. The number of hydrogen-bond acceptors (Lipinski definition) is 2. The molecule has 0 aliphatic carbocycles. The van der Waals surface area contributed by atoms with Gasteiger partial charge < -0.3 is 14.4 Å². The lowest BCUT2D eigenvalue weighted by molar-refractivity contribution is 0.590. The second kappa shape index (κ2) is 16.4. The summed E-state index contributed by atoms with van der Waals surface area (Å²) >= 11 is 0. The van der Waals surface area contributed by atoms with E-state index < -0.39 is 0 Å². The summed E-state index contributed by atoms with van der Waals surface area (Å²) in [5.74, 6) is 0.420. The zero-order valence-corrected chi connectivity index (χ0v) is 40.2. The molecular weight excluding hydrogens is 799 g/mol. The van der Waals surface area contributed by atoms with Gasteiger partial charge in [0.05, 0.1) is 22.4 Å². The van der Waals surface area contributed by atoms with Crippen LogP contribution in [0.1, 0.15) is 89.1 Å². The smallest absolute Gasteiger partial charge is 0.0568 e. The predicted octanol–water partition coefficient (Wildman–Crippen LogP) is 18.4. The van der Waals surface area contributed by atoms with Gasteiger partial charge in [-0.15, -0.1) is 0 Å². The standard InChI is InChI=1S/C63H61N3/c1-41(2)44-25-31-49(32-26-44)66-58-39-56(64(50-19-15-17-42(3)37-50)47-33-27-45(28-34-47)62(5,6)7)52-21-11-13-23-54(52)60(58)61-55-24-14-12-22-53(55)57(40-59(61)66)65(51-20-16-18-43(4)38-51)48-35-29-46(30-36-48)63(8,9)10/h11-41H,1-10H3. The van der Waals surface area contributed by atoms with Gasteiger partial charge in [-0.05, 0) is 142 Å². The first-order valence-corrected chi connectivity index (χ1v) is 23.6. The fourth-order valence-corrected chi connectivity index (χ4v) is 9.96. The summed E-state index contributed by atoms with van der Waals surface area (Å²) in [5, 5.41) is 7.36. The molecule has 0 atom stereocenters. The number of rotatable bonds is 8. The first kappa shape index (κ1) is 42.8. The van der Waals surface area contributed by atoms with E-state index in [9.17, 15) is 0 Å². The zero-order valence-electron chi connectivity index (χ0n) is 40.2. The predicted molar refractivity (Wildman–Crippen MR) is 286 cm³/mol. The van der Waals surface area contributed by atoms with Crippen LogP contribution in [0.2, 0.25) is 0 Å². The molecule has 0 radical (unpaired) electrons. The molecule has 1 heterocycles. The molecule has 66 heavy (non-hydrogen) atoms. The molecule has 10 aromatic rings. The van der Waals surface area contributed by atoms with Gasteiger partial charge in [0, 0.05) is 50.0 Å². The second-order valence-electron chi connectivity index (χ2n) is 20.7. The molecular formula is C63H61N3. The average Bonchev–Trinajstić information content (AvgIpc) is 3.63. The van der Waals surface area contributed by atoms with E-state index in [4.69, 9.17) is 0 Å². The fourth-order valence-electron chi connectivity index (χ4n) is 9.96. The van der Waals surface area contributed by atoms with E-state index in [0.29, 0.717) is 5.92 Å². The highest BCUT2D eigenvalue weighted by molar-refractivity contribution is 6.32. The van der Waals surface area contributed by atoms with Crippen LogP contribution >= 0.6 is 0 Å². The largest absolute Gasteiger partial charge is 0.310 e. The molecule has 3 heteroatoms. The van der Waals surface area contributed by atoms with Crippen molar-refractivity contribution >= 4 is 77.5 Å². The molecule has 9 aromatic carbocycles. The van der Waals surface area contributed by atoms with Crippen LogP contribution in [0.25, 0.3) is 49.0 Å². The van der Waals surface area contributed by atoms with Crippen molar-refractivity contribution < 1.29 is 0 Å². The Morgan fingerprint density at radius 1 is 0.394 bits per heavy atom. The van der Waals surface area contributed by atoms with Crippen LogP contribution in [-0.4, -0.2) is 4.57 Å². The highest BCUT2D eigenvalue weighted by atomic mass is 15.2. The minimum absolute atomic E-state index is 0.0385. The fraction of sp³-hybridized carbons (Fsp3) is 0.206. The summed E-state index contributed by atoms with van der Waals surface area (Å²) in [7, 11) is 0. The summed E-state index contributed by atoms with van der Waals surface area (Å²) < 4.78 is 2.54. The van der Waals surface area contributed by atoms with Crippen LogP contribution in [0.3, 0.4) is 0 Å². The van der Waals surface area contributed by atoms with Crippen LogP contribution in [0.5, 0.6) is 0 Å². The molecule has 0 saturated heterocycles. The van der Waals surface area contributed by atoms with E-state index in [2.05, 4.69) is 266 Å². The Morgan fingerprint density at radius 2 is 0.788 bits per heavy atom. The van der Waals surface area contributed by atoms with Crippen LogP contribution in [0.4, 0.5) is 34.1 Å². The minimum Gasteiger partial charge on any atom is -0.310 e. The van der Waals surface area contributed by atoms with Crippen molar-refractivity contribution in [3.05, 3.63) is 210 Å². The number of aromatic nitrogens is 1. The van der Waals surface area contributed by atoms with E-state index in [1.165, 1.54) is 71.2 Å². The van der Waals surface area contributed by atoms with Gasteiger partial charge in [0.1, 0.15) is 0 Å². The lowest BCUT2D eigenvalue weighted by Crippen LogP contribution is -2.13. The molecule has 0 N–H and O–H groups in total. The topological polar surface area (TPSA) is 11.4 Å². The molecule has 0 fully saturated rings. The molecule has 0 aliphatic rings. The Hall–Kier alpha value is -7.10. The number of nitrogens with zero attached hydrogens (tertiary/aromatic N) is 3. The van der Waals surface area contributed by atoms with E-state index in [1.807, 2.05) is 0 Å². The monoisotopic (exact) mass is 859 g/mol. The third kappa shape index (κ3) is 7.61. The van der Waals surface area contributed by atoms with Gasteiger partial charge in [0.15, 0.2) is 0 Å². The summed E-state index contributed by atoms with van der Waals surface area (Å²) in [6.45, 7) is 22.6. The number of hydrogen-bond donors (Lipinski definition) is 0. The Bertz CT molecular complexity index is 3210. The molecule has 0 amide bonds. The number of anilines is 6. The SMILES string of the molecule is Cc1cccc(N(c2ccc(C(C)(C)C)cc2)c2cc3c(c4ccccc24)c2c4ccccc4c(N(c4ccc(C(C)(C)C)cc4)c4cccc(C)c4)cc2n3-c2ccc(C(C)C)cc2)c1. The molecule has 1 aromatic heterocycles. The molecule has 0 saturated carbocycles. The first-order chi connectivity index (χ1) is 31.7. The maximum Gasteiger partial charge on any atom is 0.0568 e. The number of fused-ring (bicyclic) bond motifs is 7. The number of aryl methyl sites for hydroxylation is 2. The third-order valence-electron chi connectivity index (χ3n) is 13.5. The van der Waals surface area contributed by atoms with Crippen molar-refractivity contribution in [2.75, 3.05) is 9.80 Å². The van der Waals surface area contributed by atoms with Crippen molar-refractivity contribution in [1.82, 2.24) is 4.57 Å². The summed E-state index contributed by atoms with van der Waals surface area (Å²) in [6, 6.07) is 68.6. The molecule has 328 valence electrons. The summed E-state index contributed by atoms with van der Waals surface area (Å²) in [4.78, 5) is 4.94. The molecule has 0 aliphatic heterocycles. The van der Waals surface area contributed by atoms with Crippen molar-refractivity contribution in [3.8, 4) is 5.69 Å². The maximum atomic E-state index is 2.54. The highest BCUT2D eigenvalue weighted by Gasteiger charge is 2.27. The van der Waals surface area contributed by atoms with Crippen LogP contribution in [0.15, 0.2) is 182 Å². The Morgan fingerprint density at radius 3 is 1.15 bits per heavy atom. The van der Waals surface area contributed by atoms with Crippen LogP contribution in [0, 0.1) is 13.8 Å². The Kier molecular flexibility index (Phi) is 10.6. The van der Waals surface area contributed by atoms with Gasteiger partial charge in [0.2, 0.25) is 0 Å². The van der Waals surface area contributed by atoms with Crippen LogP contribution < -0.4 is 9.80 Å². The maximum absolute atomic E-state index is 2.54. The van der Waals surface area contributed by atoms with Gasteiger partial charge in [0.25, 0.3) is 0 Å². The lowest BCUT2D eigenvalue weighted by atomic mass is 9.87. The van der Waals surface area contributed by atoms with E-state index in [1.54, 1.807) is 0 Å². The highest BCUT2D eigenvalue weighted by Crippen LogP contribution is 2.50. The normalized spacial score (nSPS) is 12.2. The van der Waals surface area contributed by atoms with Crippen molar-refractivity contribution in [1.29, 1.82) is 0 Å². The van der Waals surface area contributed by atoms with Crippen molar-refractivity contribution in [2.45, 2.75) is 86.0 Å². The summed E-state index contributed by atoms with van der Waals surface area (Å²) in [5.41, 5.74) is 16.7. The van der Waals surface area contributed by atoms with Crippen LogP contribution in [-0.2, 0) is 10.8 Å². The molecule has 0 unspecified atom stereocenters. The van der Waals surface area contributed by atoms with Gasteiger partial charge in [-0.25, -0.2) is 0 Å².